The Kier molecular flexibility index (Phi) is 4.60. The van der Waals surface area contributed by atoms with Crippen LogP contribution >= 0.6 is 15.9 Å². The van der Waals surface area contributed by atoms with E-state index < -0.39 is 0 Å². The molecule has 1 aliphatic heterocycles. The molecule has 0 saturated carbocycles. The Balaban J connectivity index is 2.22. The van der Waals surface area contributed by atoms with Crippen LogP contribution in [0.3, 0.4) is 0 Å². The van der Waals surface area contributed by atoms with E-state index in [1.807, 2.05) is 30.0 Å². The molecule has 19 heavy (non-hydrogen) atoms. The number of piperazine rings is 1. The second-order valence-corrected chi connectivity index (χ2v) is 5.99. The summed E-state index contributed by atoms with van der Waals surface area (Å²) in [6.45, 7) is 4.98. The molecule has 0 aliphatic carbocycles. The van der Waals surface area contributed by atoms with E-state index in [4.69, 9.17) is 5.73 Å². The average Bonchev–Trinajstić information content (AvgIpc) is 2.37. The van der Waals surface area contributed by atoms with Crippen molar-refractivity contribution in [2.24, 2.45) is 5.73 Å². The van der Waals surface area contributed by atoms with Gasteiger partial charge in [-0.25, -0.2) is 0 Å². The first-order valence-corrected chi connectivity index (χ1v) is 7.28. The van der Waals surface area contributed by atoms with Crippen molar-refractivity contribution in [3.63, 3.8) is 0 Å². The Morgan fingerprint density at radius 1 is 1.47 bits per heavy atom. The summed E-state index contributed by atoms with van der Waals surface area (Å²) in [7, 11) is 2.06. The Morgan fingerprint density at radius 2 is 2.21 bits per heavy atom. The van der Waals surface area contributed by atoms with Crippen molar-refractivity contribution in [3.8, 4) is 0 Å². The van der Waals surface area contributed by atoms with E-state index in [9.17, 15) is 4.79 Å². The molecule has 1 heterocycles. The average molecular weight is 326 g/mol. The maximum atomic E-state index is 12.6. The number of hydrogen-bond acceptors (Lipinski definition) is 3. The number of rotatable bonds is 2. The minimum absolute atomic E-state index is 0.0652. The number of benzene rings is 1. The summed E-state index contributed by atoms with van der Waals surface area (Å²) in [5, 5.41) is 0. The number of amides is 1. The molecule has 4 nitrogen and oxygen atoms in total. The highest BCUT2D eigenvalue weighted by Gasteiger charge is 2.29. The molecule has 1 aliphatic rings. The number of aryl methyl sites for hydroxylation is 1. The lowest BCUT2D eigenvalue weighted by atomic mass is 10.1. The summed E-state index contributed by atoms with van der Waals surface area (Å²) in [6, 6.07) is 5.92. The number of nitrogens with two attached hydrogens (primary N) is 1. The predicted octanol–water partition coefficient (Wildman–Crippen LogP) is 1.47. The molecule has 2 rings (SSSR count). The summed E-state index contributed by atoms with van der Waals surface area (Å²) in [4.78, 5) is 16.7. The van der Waals surface area contributed by atoms with E-state index in [1.54, 1.807) is 0 Å². The number of hydrogen-bond donors (Lipinski definition) is 1. The van der Waals surface area contributed by atoms with Gasteiger partial charge in [-0.1, -0.05) is 6.07 Å². The minimum Gasteiger partial charge on any atom is -0.332 e. The third-order valence-electron chi connectivity index (χ3n) is 3.57. The molecule has 104 valence electrons. The van der Waals surface area contributed by atoms with Gasteiger partial charge >= 0.3 is 0 Å². The van der Waals surface area contributed by atoms with Crippen LogP contribution in [0.1, 0.15) is 15.9 Å². The highest BCUT2D eigenvalue weighted by molar-refractivity contribution is 9.10. The second-order valence-electron chi connectivity index (χ2n) is 5.13. The second kappa shape index (κ2) is 6.03. The van der Waals surface area contributed by atoms with Crippen molar-refractivity contribution in [3.05, 3.63) is 33.8 Å². The smallest absolute Gasteiger partial charge is 0.255 e. The SMILES string of the molecule is Cc1ccc(C(=O)N2CCN(C)CC2CN)c(Br)c1. The molecule has 0 aromatic heterocycles. The van der Waals surface area contributed by atoms with Crippen LogP contribution in [0.5, 0.6) is 0 Å². The molecular formula is C14H20BrN3O. The van der Waals surface area contributed by atoms with Gasteiger partial charge in [0.05, 0.1) is 11.6 Å². The zero-order valence-corrected chi connectivity index (χ0v) is 13.0. The maximum absolute atomic E-state index is 12.6. The third-order valence-corrected chi connectivity index (χ3v) is 4.23. The van der Waals surface area contributed by atoms with Crippen LogP contribution in [0.15, 0.2) is 22.7 Å². The Hall–Kier alpha value is -0.910. The van der Waals surface area contributed by atoms with Gasteiger partial charge in [0, 0.05) is 30.7 Å². The third kappa shape index (κ3) is 3.16. The van der Waals surface area contributed by atoms with Gasteiger partial charge < -0.3 is 15.5 Å². The van der Waals surface area contributed by atoms with E-state index in [-0.39, 0.29) is 11.9 Å². The first-order chi connectivity index (χ1) is 9.02. The van der Waals surface area contributed by atoms with Crippen molar-refractivity contribution < 1.29 is 4.79 Å². The lowest BCUT2D eigenvalue weighted by Crippen LogP contribution is -2.56. The highest BCUT2D eigenvalue weighted by Crippen LogP contribution is 2.22. The first kappa shape index (κ1) is 14.5. The Bertz CT molecular complexity index is 478. The van der Waals surface area contributed by atoms with E-state index in [0.29, 0.717) is 12.1 Å². The molecular weight excluding hydrogens is 306 g/mol. The van der Waals surface area contributed by atoms with Gasteiger partial charge in [-0.05, 0) is 47.6 Å². The number of carbonyl (C=O) groups excluding carboxylic acids is 1. The van der Waals surface area contributed by atoms with Gasteiger partial charge in [0.25, 0.3) is 5.91 Å². The van der Waals surface area contributed by atoms with Crippen LogP contribution in [0.2, 0.25) is 0 Å². The van der Waals surface area contributed by atoms with Crippen LogP contribution in [-0.4, -0.2) is 55.0 Å². The normalized spacial score (nSPS) is 20.6. The lowest BCUT2D eigenvalue weighted by Gasteiger charge is -2.39. The van der Waals surface area contributed by atoms with Gasteiger partial charge in [0.1, 0.15) is 0 Å². The summed E-state index contributed by atoms with van der Waals surface area (Å²) < 4.78 is 0.854. The fourth-order valence-corrected chi connectivity index (χ4v) is 3.09. The van der Waals surface area contributed by atoms with Crippen LogP contribution in [0, 0.1) is 6.92 Å². The highest BCUT2D eigenvalue weighted by atomic mass is 79.9. The zero-order chi connectivity index (χ0) is 14.0. The molecule has 5 heteroatoms. The van der Waals surface area contributed by atoms with Crippen molar-refractivity contribution >= 4 is 21.8 Å². The van der Waals surface area contributed by atoms with Crippen molar-refractivity contribution in [2.45, 2.75) is 13.0 Å². The van der Waals surface area contributed by atoms with Gasteiger partial charge in [0.2, 0.25) is 0 Å². The van der Waals surface area contributed by atoms with Crippen molar-refractivity contribution in [2.75, 3.05) is 33.2 Å². The van der Waals surface area contributed by atoms with Crippen molar-refractivity contribution in [1.29, 1.82) is 0 Å². The summed E-state index contributed by atoms with van der Waals surface area (Å²) in [5.41, 5.74) is 7.65. The molecule has 1 aromatic carbocycles. The number of likely N-dealkylation sites (N-methyl/N-ethyl adjacent to an activating group) is 1. The van der Waals surface area contributed by atoms with Crippen LogP contribution in [-0.2, 0) is 0 Å². The molecule has 2 N–H and O–H groups in total. The van der Waals surface area contributed by atoms with Crippen LogP contribution in [0.25, 0.3) is 0 Å². The molecule has 1 atom stereocenters. The number of halogens is 1. The maximum Gasteiger partial charge on any atom is 0.255 e. The molecule has 1 fully saturated rings. The van der Waals surface area contributed by atoms with E-state index in [2.05, 4.69) is 27.9 Å². The Morgan fingerprint density at radius 3 is 2.84 bits per heavy atom. The molecule has 0 radical (unpaired) electrons. The largest absolute Gasteiger partial charge is 0.332 e. The standard InChI is InChI=1S/C14H20BrN3O/c1-10-3-4-12(13(15)7-10)14(19)18-6-5-17(2)9-11(18)8-16/h3-4,7,11H,5-6,8-9,16H2,1-2H3. The molecule has 0 spiro atoms. The van der Waals surface area contributed by atoms with E-state index in [0.717, 1.165) is 29.7 Å². The topological polar surface area (TPSA) is 49.6 Å². The molecule has 1 unspecified atom stereocenters. The van der Waals surface area contributed by atoms with Gasteiger partial charge in [-0.15, -0.1) is 0 Å². The first-order valence-electron chi connectivity index (χ1n) is 6.48. The molecule has 0 bridgehead atoms. The predicted molar refractivity (Wildman–Crippen MR) is 80.3 cm³/mol. The van der Waals surface area contributed by atoms with E-state index in [1.165, 1.54) is 0 Å². The lowest BCUT2D eigenvalue weighted by molar-refractivity contribution is 0.0515. The van der Waals surface area contributed by atoms with Crippen LogP contribution in [0.4, 0.5) is 0 Å². The van der Waals surface area contributed by atoms with E-state index >= 15 is 0 Å². The van der Waals surface area contributed by atoms with Gasteiger partial charge in [0.15, 0.2) is 0 Å². The molecule has 1 amide bonds. The van der Waals surface area contributed by atoms with Gasteiger partial charge in [-0.2, -0.15) is 0 Å². The zero-order valence-electron chi connectivity index (χ0n) is 11.4. The Labute approximate surface area is 122 Å². The number of nitrogens with zero attached hydrogens (tertiary/aromatic N) is 2. The quantitative estimate of drug-likeness (QED) is 0.895. The fraction of sp³-hybridized carbons (Fsp3) is 0.500. The molecule has 1 aromatic rings. The summed E-state index contributed by atoms with van der Waals surface area (Å²) in [6.07, 6.45) is 0. The minimum atomic E-state index is 0.0652. The van der Waals surface area contributed by atoms with Crippen molar-refractivity contribution in [1.82, 2.24) is 9.80 Å². The monoisotopic (exact) mass is 325 g/mol. The molecule has 1 saturated heterocycles. The fourth-order valence-electron chi connectivity index (χ4n) is 2.43. The van der Waals surface area contributed by atoms with Crippen LogP contribution < -0.4 is 5.73 Å². The summed E-state index contributed by atoms with van der Waals surface area (Å²) >= 11 is 3.48. The summed E-state index contributed by atoms with van der Waals surface area (Å²) in [5.74, 6) is 0.0652. The van der Waals surface area contributed by atoms with Gasteiger partial charge in [-0.3, -0.25) is 4.79 Å². The number of carbonyl (C=O) groups is 1.